The average molecular weight is 322 g/mol. The number of carbonyl (C=O) groups is 1. The highest BCUT2D eigenvalue weighted by Gasteiger charge is 2.12. The number of benzene rings is 1. The highest BCUT2D eigenvalue weighted by atomic mass is 16.5. The monoisotopic (exact) mass is 322 g/mol. The molecule has 3 aromatic rings. The van der Waals surface area contributed by atoms with E-state index in [2.05, 4.69) is 20.3 Å². The van der Waals surface area contributed by atoms with Gasteiger partial charge in [0.1, 0.15) is 18.6 Å². The first-order chi connectivity index (χ1) is 11.7. The second-order valence-corrected chi connectivity index (χ2v) is 4.84. The molecule has 0 radical (unpaired) electrons. The van der Waals surface area contributed by atoms with Crippen molar-refractivity contribution in [1.82, 2.24) is 15.0 Å². The summed E-state index contributed by atoms with van der Waals surface area (Å²) in [6.45, 7) is 0.333. The minimum atomic E-state index is -0.518. The van der Waals surface area contributed by atoms with Gasteiger partial charge in [0, 0.05) is 12.3 Å². The van der Waals surface area contributed by atoms with Gasteiger partial charge in [-0.1, -0.05) is 30.3 Å². The number of anilines is 1. The van der Waals surface area contributed by atoms with Crippen molar-refractivity contribution >= 4 is 11.7 Å². The Balaban J connectivity index is 1.68. The van der Waals surface area contributed by atoms with Crippen LogP contribution in [0.4, 0.5) is 5.82 Å². The maximum Gasteiger partial charge on any atom is 0.275 e. The number of nitrogens with zero attached hydrogens (tertiary/aromatic N) is 3. The number of nitrogens with one attached hydrogen (secondary N) is 1. The van der Waals surface area contributed by atoms with Gasteiger partial charge in [0.25, 0.3) is 5.91 Å². The van der Waals surface area contributed by atoms with Gasteiger partial charge in [-0.05, 0) is 17.7 Å². The van der Waals surface area contributed by atoms with Gasteiger partial charge >= 0.3 is 0 Å². The van der Waals surface area contributed by atoms with Crippen LogP contribution in [0.25, 0.3) is 0 Å². The number of carbonyl (C=O) groups excluding carboxylic acids is 1. The molecular formula is C17H14N4O3. The van der Waals surface area contributed by atoms with Crippen molar-refractivity contribution in [2.24, 2.45) is 0 Å². The lowest BCUT2D eigenvalue weighted by atomic mass is 10.2. The molecule has 1 amide bonds. The lowest BCUT2D eigenvalue weighted by Gasteiger charge is -2.07. The van der Waals surface area contributed by atoms with Crippen molar-refractivity contribution in [2.75, 3.05) is 5.32 Å². The molecule has 7 heteroatoms. The number of ether oxygens (including phenoxy) is 1. The van der Waals surface area contributed by atoms with Crippen molar-refractivity contribution in [3.63, 3.8) is 0 Å². The lowest BCUT2D eigenvalue weighted by molar-refractivity contribution is 0.102. The molecule has 2 aromatic heterocycles. The minimum absolute atomic E-state index is 0.0628. The molecule has 3 rings (SSSR count). The third kappa shape index (κ3) is 3.83. The topological polar surface area (TPSA) is 97.2 Å². The summed E-state index contributed by atoms with van der Waals surface area (Å²) < 4.78 is 5.56. The van der Waals surface area contributed by atoms with Crippen molar-refractivity contribution < 1.29 is 14.6 Å². The summed E-state index contributed by atoms with van der Waals surface area (Å²) in [6, 6.07) is 14.0. The van der Waals surface area contributed by atoms with Crippen LogP contribution < -0.4 is 10.1 Å². The summed E-state index contributed by atoms with van der Waals surface area (Å²) in [5.41, 5.74) is 1.10. The van der Waals surface area contributed by atoms with Crippen LogP contribution in [0.2, 0.25) is 0 Å². The first-order valence-electron chi connectivity index (χ1n) is 7.16. The number of hydrogen-bond acceptors (Lipinski definition) is 6. The number of rotatable bonds is 5. The van der Waals surface area contributed by atoms with E-state index in [9.17, 15) is 9.90 Å². The molecule has 0 saturated carbocycles. The molecule has 1 aromatic carbocycles. The van der Waals surface area contributed by atoms with Crippen LogP contribution in [0, 0.1) is 0 Å². The second kappa shape index (κ2) is 7.19. The quantitative estimate of drug-likeness (QED) is 0.748. The molecule has 120 valence electrons. The Morgan fingerprint density at radius 2 is 1.92 bits per heavy atom. The average Bonchev–Trinajstić information content (AvgIpc) is 2.63. The third-order valence-electron chi connectivity index (χ3n) is 3.12. The highest BCUT2D eigenvalue weighted by Crippen LogP contribution is 2.19. The fourth-order valence-electron chi connectivity index (χ4n) is 1.94. The summed E-state index contributed by atoms with van der Waals surface area (Å²) in [7, 11) is 0. The van der Waals surface area contributed by atoms with E-state index in [0.717, 1.165) is 5.56 Å². The molecule has 0 aliphatic carbocycles. The highest BCUT2D eigenvalue weighted by molar-refractivity contribution is 6.03. The zero-order valence-corrected chi connectivity index (χ0v) is 12.6. The zero-order chi connectivity index (χ0) is 16.8. The van der Waals surface area contributed by atoms with Gasteiger partial charge in [-0.15, -0.1) is 0 Å². The van der Waals surface area contributed by atoms with Crippen LogP contribution in [-0.2, 0) is 6.61 Å². The number of aromatic nitrogens is 3. The predicted molar refractivity (Wildman–Crippen MR) is 86.7 cm³/mol. The van der Waals surface area contributed by atoms with Crippen LogP contribution in [0.15, 0.2) is 61.1 Å². The van der Waals surface area contributed by atoms with Crippen LogP contribution in [0.3, 0.4) is 0 Å². The number of hydrogen-bond donors (Lipinski definition) is 2. The fourth-order valence-corrected chi connectivity index (χ4v) is 1.94. The van der Waals surface area contributed by atoms with Crippen LogP contribution in [0.5, 0.6) is 11.6 Å². The van der Waals surface area contributed by atoms with Gasteiger partial charge in [0.05, 0.1) is 0 Å². The fraction of sp³-hybridized carbons (Fsp3) is 0.0588. The molecule has 0 aliphatic heterocycles. The maximum absolute atomic E-state index is 12.2. The molecule has 24 heavy (non-hydrogen) atoms. The lowest BCUT2D eigenvalue weighted by Crippen LogP contribution is -2.15. The molecule has 7 nitrogen and oxygen atoms in total. The number of aromatic hydroxyl groups is 1. The molecule has 0 spiro atoms. The Kier molecular flexibility index (Phi) is 4.62. The first-order valence-corrected chi connectivity index (χ1v) is 7.16. The Bertz CT molecular complexity index is 840. The molecule has 0 unspecified atom stereocenters. The normalized spacial score (nSPS) is 10.2. The summed E-state index contributed by atoms with van der Waals surface area (Å²) in [5, 5.41) is 12.1. The van der Waals surface area contributed by atoms with Crippen molar-refractivity contribution in [1.29, 1.82) is 0 Å². The number of pyridine rings is 1. The third-order valence-corrected chi connectivity index (χ3v) is 3.12. The van der Waals surface area contributed by atoms with Gasteiger partial charge in [0.15, 0.2) is 11.6 Å². The molecule has 2 heterocycles. The van der Waals surface area contributed by atoms with Crippen LogP contribution in [0.1, 0.15) is 16.1 Å². The Morgan fingerprint density at radius 1 is 1.08 bits per heavy atom. The Hall–Kier alpha value is -3.48. The summed E-state index contributed by atoms with van der Waals surface area (Å²) in [6.07, 6.45) is 2.71. The van der Waals surface area contributed by atoms with E-state index in [-0.39, 0.29) is 23.1 Å². The summed E-state index contributed by atoms with van der Waals surface area (Å²) in [5.74, 6) is -0.298. The van der Waals surface area contributed by atoms with Crippen molar-refractivity contribution in [3.8, 4) is 11.6 Å². The van der Waals surface area contributed by atoms with E-state index in [1.54, 1.807) is 6.07 Å². The van der Waals surface area contributed by atoms with Gasteiger partial charge in [-0.25, -0.2) is 15.0 Å². The molecule has 0 fully saturated rings. The molecule has 2 N–H and O–H groups in total. The van der Waals surface area contributed by atoms with E-state index >= 15 is 0 Å². The van der Waals surface area contributed by atoms with Gasteiger partial charge in [0.2, 0.25) is 5.88 Å². The number of amides is 1. The summed E-state index contributed by atoms with van der Waals surface area (Å²) >= 11 is 0. The van der Waals surface area contributed by atoms with E-state index in [1.165, 1.54) is 24.7 Å². The predicted octanol–water partition coefficient (Wildman–Crippen LogP) is 2.41. The molecule has 0 atom stereocenters. The van der Waals surface area contributed by atoms with Crippen molar-refractivity contribution in [3.05, 3.63) is 72.3 Å². The molecule has 0 saturated heterocycles. The van der Waals surface area contributed by atoms with E-state index in [0.29, 0.717) is 6.61 Å². The minimum Gasteiger partial charge on any atom is -0.504 e. The zero-order valence-electron chi connectivity index (χ0n) is 12.6. The SMILES string of the molecule is O=C(Nc1ncccc1O)c1cc(OCc2ccccc2)ncn1. The molecular weight excluding hydrogens is 308 g/mol. The molecule has 0 aliphatic rings. The Labute approximate surface area is 138 Å². The standard InChI is InChI=1S/C17H14N4O3/c22-14-7-4-8-18-16(14)21-17(23)13-9-15(20-11-19-13)24-10-12-5-2-1-3-6-12/h1-9,11,22H,10H2,(H,18,21,23). The van der Waals surface area contributed by atoms with Gasteiger partial charge < -0.3 is 15.2 Å². The molecule has 0 bridgehead atoms. The largest absolute Gasteiger partial charge is 0.504 e. The van der Waals surface area contributed by atoms with Crippen molar-refractivity contribution in [2.45, 2.75) is 6.61 Å². The smallest absolute Gasteiger partial charge is 0.275 e. The van der Waals surface area contributed by atoms with Crippen LogP contribution >= 0.6 is 0 Å². The second-order valence-electron chi connectivity index (χ2n) is 4.84. The van der Waals surface area contributed by atoms with E-state index in [1.807, 2.05) is 30.3 Å². The van der Waals surface area contributed by atoms with Gasteiger partial charge in [-0.3, -0.25) is 4.79 Å². The summed E-state index contributed by atoms with van der Waals surface area (Å²) in [4.78, 5) is 24.0. The Morgan fingerprint density at radius 3 is 2.71 bits per heavy atom. The van der Waals surface area contributed by atoms with E-state index in [4.69, 9.17) is 4.74 Å². The van der Waals surface area contributed by atoms with E-state index < -0.39 is 5.91 Å². The van der Waals surface area contributed by atoms with Crippen LogP contribution in [-0.4, -0.2) is 26.0 Å². The van der Waals surface area contributed by atoms with Gasteiger partial charge in [-0.2, -0.15) is 0 Å². The maximum atomic E-state index is 12.2. The first kappa shape index (κ1) is 15.4.